The van der Waals surface area contributed by atoms with Gasteiger partial charge in [0.05, 0.1) is 6.04 Å². The fraction of sp³-hybridized carbons (Fsp3) is 0.917. The zero-order valence-corrected chi connectivity index (χ0v) is 11.5. The van der Waals surface area contributed by atoms with Gasteiger partial charge in [-0.25, -0.2) is 0 Å². The van der Waals surface area contributed by atoms with Gasteiger partial charge in [-0.15, -0.1) is 0 Å². The molecule has 1 aliphatic rings. The second-order valence-corrected chi connectivity index (χ2v) is 5.34. The summed E-state index contributed by atoms with van der Waals surface area (Å²) >= 11 is 1.84. The van der Waals surface area contributed by atoms with Crippen LogP contribution in [0, 0.1) is 0 Å². The van der Waals surface area contributed by atoms with Crippen molar-refractivity contribution >= 4 is 17.7 Å². The molecule has 1 rings (SSSR count). The maximum atomic E-state index is 11.7. The molecule has 0 spiro atoms. The molecule has 17 heavy (non-hydrogen) atoms. The first-order valence-electron chi connectivity index (χ1n) is 6.51. The second-order valence-electron chi connectivity index (χ2n) is 4.19. The van der Waals surface area contributed by atoms with E-state index in [4.69, 9.17) is 4.74 Å². The third-order valence-corrected chi connectivity index (χ3v) is 3.71. The molecule has 0 radical (unpaired) electrons. The van der Waals surface area contributed by atoms with Crippen LogP contribution in [0.1, 0.15) is 26.2 Å². The summed E-state index contributed by atoms with van der Waals surface area (Å²) < 4.78 is 5.43. The fourth-order valence-electron chi connectivity index (χ4n) is 1.59. The van der Waals surface area contributed by atoms with Gasteiger partial charge in [-0.2, -0.15) is 11.8 Å². The van der Waals surface area contributed by atoms with Crippen molar-refractivity contribution in [1.82, 2.24) is 10.6 Å². The number of carbonyl (C=O) groups excluding carboxylic acids is 1. The first-order valence-corrected chi connectivity index (χ1v) is 7.66. The van der Waals surface area contributed by atoms with Crippen LogP contribution in [0.25, 0.3) is 0 Å². The number of rotatable bonds is 8. The molecule has 1 aliphatic heterocycles. The normalized spacial score (nSPS) is 20.2. The highest BCUT2D eigenvalue weighted by molar-refractivity contribution is 7.99. The lowest BCUT2D eigenvalue weighted by atomic mass is 10.3. The minimum atomic E-state index is -0.00485. The Morgan fingerprint density at radius 1 is 1.47 bits per heavy atom. The molecule has 1 unspecified atom stereocenters. The number of unbranched alkanes of at least 4 members (excludes halogenated alkanes) is 1. The summed E-state index contributed by atoms with van der Waals surface area (Å²) in [6, 6.07) is -0.00485. The summed E-state index contributed by atoms with van der Waals surface area (Å²) in [5, 5.41) is 6.17. The second kappa shape index (κ2) is 9.74. The topological polar surface area (TPSA) is 50.4 Å². The van der Waals surface area contributed by atoms with Gasteiger partial charge in [-0.3, -0.25) is 4.79 Å². The van der Waals surface area contributed by atoms with Crippen LogP contribution in [0.2, 0.25) is 0 Å². The predicted molar refractivity (Wildman–Crippen MR) is 72.5 cm³/mol. The van der Waals surface area contributed by atoms with Crippen molar-refractivity contribution in [3.8, 4) is 0 Å². The van der Waals surface area contributed by atoms with Crippen LogP contribution in [0.15, 0.2) is 0 Å². The number of thioether (sulfide) groups is 1. The van der Waals surface area contributed by atoms with Crippen LogP contribution in [-0.4, -0.2) is 49.8 Å². The standard InChI is InChI=1S/C12H24N2O2S/c1-2-3-7-16-8-4-5-14-12(15)11-10-17-9-6-13-11/h11,13H,2-10H2,1H3,(H,14,15). The summed E-state index contributed by atoms with van der Waals surface area (Å²) in [6.45, 7) is 5.38. The van der Waals surface area contributed by atoms with E-state index in [0.717, 1.165) is 44.1 Å². The zero-order chi connectivity index (χ0) is 12.3. The lowest BCUT2D eigenvalue weighted by molar-refractivity contribution is -0.122. The Morgan fingerprint density at radius 2 is 2.29 bits per heavy atom. The highest BCUT2D eigenvalue weighted by Gasteiger charge is 2.19. The first-order chi connectivity index (χ1) is 8.34. The van der Waals surface area contributed by atoms with Gasteiger partial charge in [0.15, 0.2) is 0 Å². The fourth-order valence-corrected chi connectivity index (χ4v) is 2.53. The number of carbonyl (C=O) groups is 1. The Balaban J connectivity index is 1.92. The van der Waals surface area contributed by atoms with E-state index in [1.807, 2.05) is 11.8 Å². The Hall–Kier alpha value is -0.260. The number of hydrogen-bond donors (Lipinski definition) is 2. The quantitative estimate of drug-likeness (QED) is 0.640. The van der Waals surface area contributed by atoms with Gasteiger partial charge < -0.3 is 15.4 Å². The minimum Gasteiger partial charge on any atom is -0.381 e. The molecule has 1 heterocycles. The molecule has 2 N–H and O–H groups in total. The number of nitrogens with one attached hydrogen (secondary N) is 2. The summed E-state index contributed by atoms with van der Waals surface area (Å²) in [4.78, 5) is 11.7. The largest absolute Gasteiger partial charge is 0.381 e. The van der Waals surface area contributed by atoms with Crippen molar-refractivity contribution < 1.29 is 9.53 Å². The van der Waals surface area contributed by atoms with Crippen molar-refractivity contribution in [2.24, 2.45) is 0 Å². The molecule has 0 aromatic carbocycles. The lowest BCUT2D eigenvalue weighted by Gasteiger charge is -2.22. The summed E-state index contributed by atoms with van der Waals surface area (Å²) in [7, 11) is 0. The van der Waals surface area contributed by atoms with Crippen LogP contribution in [0.5, 0.6) is 0 Å². The molecule has 1 fully saturated rings. The van der Waals surface area contributed by atoms with Gasteiger partial charge in [0.25, 0.3) is 0 Å². The van der Waals surface area contributed by atoms with Crippen LogP contribution in [-0.2, 0) is 9.53 Å². The van der Waals surface area contributed by atoms with Gasteiger partial charge in [-0.1, -0.05) is 13.3 Å². The molecule has 1 amide bonds. The van der Waals surface area contributed by atoms with Gasteiger partial charge in [0.2, 0.25) is 5.91 Å². The van der Waals surface area contributed by atoms with E-state index >= 15 is 0 Å². The van der Waals surface area contributed by atoms with Crippen LogP contribution in [0.4, 0.5) is 0 Å². The molecule has 4 nitrogen and oxygen atoms in total. The Labute approximate surface area is 108 Å². The zero-order valence-electron chi connectivity index (χ0n) is 10.7. The third kappa shape index (κ3) is 6.91. The number of hydrogen-bond acceptors (Lipinski definition) is 4. The molecular weight excluding hydrogens is 236 g/mol. The van der Waals surface area contributed by atoms with Gasteiger partial charge in [0.1, 0.15) is 0 Å². The summed E-state index contributed by atoms with van der Waals surface area (Å²) in [5.41, 5.74) is 0. The Bertz CT molecular complexity index is 209. The van der Waals surface area contributed by atoms with Gasteiger partial charge >= 0.3 is 0 Å². The van der Waals surface area contributed by atoms with E-state index in [9.17, 15) is 4.79 Å². The van der Waals surface area contributed by atoms with E-state index < -0.39 is 0 Å². The molecule has 0 aromatic heterocycles. The van der Waals surface area contributed by atoms with Crippen molar-refractivity contribution in [3.63, 3.8) is 0 Å². The smallest absolute Gasteiger partial charge is 0.237 e. The Kier molecular flexibility index (Phi) is 8.48. The average molecular weight is 260 g/mol. The Morgan fingerprint density at radius 3 is 3.00 bits per heavy atom. The highest BCUT2D eigenvalue weighted by Crippen LogP contribution is 2.07. The van der Waals surface area contributed by atoms with Crippen LogP contribution < -0.4 is 10.6 Å². The van der Waals surface area contributed by atoms with E-state index in [-0.39, 0.29) is 11.9 Å². The summed E-state index contributed by atoms with van der Waals surface area (Å²) in [5.74, 6) is 2.12. The number of amides is 1. The molecule has 0 bridgehead atoms. The highest BCUT2D eigenvalue weighted by atomic mass is 32.2. The van der Waals surface area contributed by atoms with E-state index in [0.29, 0.717) is 6.54 Å². The lowest BCUT2D eigenvalue weighted by Crippen LogP contribution is -2.49. The molecular formula is C12H24N2O2S. The number of ether oxygens (including phenoxy) is 1. The van der Waals surface area contributed by atoms with E-state index in [1.54, 1.807) is 0 Å². The van der Waals surface area contributed by atoms with Crippen LogP contribution in [0.3, 0.4) is 0 Å². The van der Waals surface area contributed by atoms with Crippen molar-refractivity contribution in [2.75, 3.05) is 37.8 Å². The SMILES string of the molecule is CCCCOCCCNC(=O)C1CSCCN1. The molecule has 1 atom stereocenters. The van der Waals surface area contributed by atoms with Gasteiger partial charge in [0, 0.05) is 37.8 Å². The van der Waals surface area contributed by atoms with Crippen molar-refractivity contribution in [1.29, 1.82) is 0 Å². The maximum absolute atomic E-state index is 11.7. The molecule has 0 saturated carbocycles. The van der Waals surface area contributed by atoms with E-state index in [2.05, 4.69) is 17.6 Å². The monoisotopic (exact) mass is 260 g/mol. The first kappa shape index (κ1) is 14.8. The molecule has 100 valence electrons. The minimum absolute atomic E-state index is 0.00485. The van der Waals surface area contributed by atoms with Crippen molar-refractivity contribution in [2.45, 2.75) is 32.2 Å². The van der Waals surface area contributed by atoms with Crippen LogP contribution >= 0.6 is 11.8 Å². The molecule has 0 aliphatic carbocycles. The van der Waals surface area contributed by atoms with Gasteiger partial charge in [-0.05, 0) is 12.8 Å². The van der Waals surface area contributed by atoms with E-state index in [1.165, 1.54) is 6.42 Å². The maximum Gasteiger partial charge on any atom is 0.237 e. The third-order valence-electron chi connectivity index (χ3n) is 2.65. The van der Waals surface area contributed by atoms with Crippen molar-refractivity contribution in [3.05, 3.63) is 0 Å². The predicted octanol–water partition coefficient (Wildman–Crippen LogP) is 1.01. The molecule has 1 saturated heterocycles. The molecule has 0 aromatic rings. The molecule has 5 heteroatoms. The summed E-state index contributed by atoms with van der Waals surface area (Å²) in [6.07, 6.45) is 3.19. The average Bonchev–Trinajstić information content (AvgIpc) is 2.38.